The number of cyclic esters (lactones) is 1. The van der Waals surface area contributed by atoms with Crippen LogP contribution in [0.5, 0.6) is 5.75 Å². The van der Waals surface area contributed by atoms with Crippen LogP contribution in [0.4, 0.5) is 0 Å². The van der Waals surface area contributed by atoms with Gasteiger partial charge in [-0.3, -0.25) is 0 Å². The summed E-state index contributed by atoms with van der Waals surface area (Å²) in [7, 11) is 0. The highest BCUT2D eigenvalue weighted by Gasteiger charge is 2.48. The van der Waals surface area contributed by atoms with Crippen LogP contribution in [0, 0.1) is 0 Å². The number of hydrogen-bond acceptors (Lipinski definition) is 4. The van der Waals surface area contributed by atoms with Crippen molar-refractivity contribution in [2.45, 2.75) is 5.79 Å². The summed E-state index contributed by atoms with van der Waals surface area (Å²) >= 11 is 0. The van der Waals surface area contributed by atoms with Crippen LogP contribution in [0.2, 0.25) is 0 Å². The predicted octanol–water partition coefficient (Wildman–Crippen LogP) is 2.91. The number of esters is 1. The van der Waals surface area contributed by atoms with Crippen molar-refractivity contribution in [1.82, 2.24) is 0 Å². The monoisotopic (exact) mass is 292 g/mol. The number of aromatic hydroxyl groups is 1. The Morgan fingerprint density at radius 2 is 1.64 bits per heavy atom. The van der Waals surface area contributed by atoms with Gasteiger partial charge in [-0.05, 0) is 22.9 Å². The minimum Gasteiger partial charge on any atom is -0.507 e. The minimum absolute atomic E-state index is 0.0938. The summed E-state index contributed by atoms with van der Waals surface area (Å²) in [6.07, 6.45) is 0. The van der Waals surface area contributed by atoms with E-state index in [0.717, 1.165) is 10.8 Å². The maximum atomic E-state index is 12.0. The summed E-state index contributed by atoms with van der Waals surface area (Å²) in [4.78, 5) is 12.0. The normalized spacial score (nSPS) is 20.0. The zero-order valence-corrected chi connectivity index (χ0v) is 11.5. The molecular weight excluding hydrogens is 280 g/mol. The second kappa shape index (κ2) is 4.32. The highest BCUT2D eigenvalue weighted by atomic mass is 16.7. The van der Waals surface area contributed by atoms with E-state index in [0.29, 0.717) is 5.56 Å². The van der Waals surface area contributed by atoms with Gasteiger partial charge in [0.15, 0.2) is 0 Å². The third kappa shape index (κ3) is 1.58. The number of rotatable bonds is 1. The van der Waals surface area contributed by atoms with E-state index in [2.05, 4.69) is 0 Å². The molecule has 0 amide bonds. The zero-order chi connectivity index (χ0) is 15.3. The van der Waals surface area contributed by atoms with Gasteiger partial charge in [0.1, 0.15) is 5.75 Å². The first-order valence-corrected chi connectivity index (χ1v) is 6.87. The standard InChI is InChI=1S/C18H12O4/c19-15-10-4-8-13-16(15)18(21,22-17(13)20)14-9-3-6-11-5-1-2-7-12(11)14/h1-10,19,21H. The van der Waals surface area contributed by atoms with Crippen LogP contribution in [0.1, 0.15) is 21.5 Å². The van der Waals surface area contributed by atoms with Gasteiger partial charge >= 0.3 is 5.97 Å². The molecule has 1 atom stereocenters. The Morgan fingerprint density at radius 3 is 2.50 bits per heavy atom. The van der Waals surface area contributed by atoms with Crippen molar-refractivity contribution in [3.05, 3.63) is 77.4 Å². The molecule has 1 unspecified atom stereocenters. The first-order chi connectivity index (χ1) is 10.6. The molecule has 0 bridgehead atoms. The topological polar surface area (TPSA) is 66.8 Å². The number of aliphatic hydroxyl groups is 1. The summed E-state index contributed by atoms with van der Waals surface area (Å²) in [5.41, 5.74) is 0.700. The van der Waals surface area contributed by atoms with Crippen LogP contribution in [0.3, 0.4) is 0 Å². The summed E-state index contributed by atoms with van der Waals surface area (Å²) < 4.78 is 5.25. The van der Waals surface area contributed by atoms with Gasteiger partial charge in [0.2, 0.25) is 0 Å². The lowest BCUT2D eigenvalue weighted by Crippen LogP contribution is -2.27. The Morgan fingerprint density at radius 1 is 0.909 bits per heavy atom. The van der Waals surface area contributed by atoms with Gasteiger partial charge < -0.3 is 14.9 Å². The molecule has 4 nitrogen and oxygen atoms in total. The molecule has 0 aliphatic carbocycles. The Hall–Kier alpha value is -2.85. The summed E-state index contributed by atoms with van der Waals surface area (Å²) in [5, 5.41) is 22.9. The number of hydrogen-bond donors (Lipinski definition) is 2. The van der Waals surface area contributed by atoms with E-state index in [1.807, 2.05) is 30.3 Å². The first kappa shape index (κ1) is 12.9. The predicted molar refractivity (Wildman–Crippen MR) is 80.5 cm³/mol. The molecular formula is C18H12O4. The van der Waals surface area contributed by atoms with Crippen LogP contribution < -0.4 is 0 Å². The van der Waals surface area contributed by atoms with E-state index < -0.39 is 11.8 Å². The van der Waals surface area contributed by atoms with Crippen molar-refractivity contribution in [3.63, 3.8) is 0 Å². The van der Waals surface area contributed by atoms with Crippen LogP contribution in [0.25, 0.3) is 10.8 Å². The van der Waals surface area contributed by atoms with Crippen LogP contribution in [0.15, 0.2) is 60.7 Å². The van der Waals surface area contributed by atoms with E-state index in [1.54, 1.807) is 18.2 Å². The van der Waals surface area contributed by atoms with Gasteiger partial charge in [0.25, 0.3) is 5.79 Å². The number of carbonyl (C=O) groups is 1. The summed E-state index contributed by atoms with van der Waals surface area (Å²) in [6.45, 7) is 0. The Balaban J connectivity index is 2.06. The molecule has 0 spiro atoms. The Labute approximate surface area is 126 Å². The molecule has 1 heterocycles. The third-order valence-electron chi connectivity index (χ3n) is 4.00. The molecule has 108 valence electrons. The van der Waals surface area contributed by atoms with Crippen LogP contribution in [-0.4, -0.2) is 16.2 Å². The first-order valence-electron chi connectivity index (χ1n) is 6.87. The van der Waals surface area contributed by atoms with Gasteiger partial charge in [-0.1, -0.05) is 48.5 Å². The molecule has 0 fully saturated rings. The van der Waals surface area contributed by atoms with Crippen molar-refractivity contribution in [2.24, 2.45) is 0 Å². The van der Waals surface area contributed by atoms with Crippen molar-refractivity contribution < 1.29 is 19.7 Å². The Kier molecular flexibility index (Phi) is 2.53. The maximum absolute atomic E-state index is 12.0. The average Bonchev–Trinajstić information content (AvgIpc) is 2.80. The minimum atomic E-state index is -1.99. The molecule has 0 saturated heterocycles. The molecule has 0 saturated carbocycles. The highest BCUT2D eigenvalue weighted by Crippen LogP contribution is 2.45. The lowest BCUT2D eigenvalue weighted by atomic mass is 9.91. The van der Waals surface area contributed by atoms with Crippen molar-refractivity contribution in [2.75, 3.05) is 0 Å². The van der Waals surface area contributed by atoms with Crippen molar-refractivity contribution >= 4 is 16.7 Å². The Bertz CT molecular complexity index is 911. The molecule has 0 aromatic heterocycles. The fourth-order valence-corrected chi connectivity index (χ4v) is 3.02. The molecule has 4 heteroatoms. The number of ether oxygens (including phenoxy) is 1. The second-order valence-corrected chi connectivity index (χ2v) is 5.26. The van der Waals surface area contributed by atoms with Gasteiger partial charge in [0.05, 0.1) is 11.1 Å². The molecule has 22 heavy (non-hydrogen) atoms. The van der Waals surface area contributed by atoms with Gasteiger partial charge in [-0.25, -0.2) is 4.79 Å². The molecule has 0 radical (unpaired) electrons. The second-order valence-electron chi connectivity index (χ2n) is 5.26. The number of carbonyl (C=O) groups excluding carboxylic acids is 1. The van der Waals surface area contributed by atoms with E-state index >= 15 is 0 Å². The smallest absolute Gasteiger partial charge is 0.341 e. The molecule has 2 N–H and O–H groups in total. The van der Waals surface area contributed by atoms with E-state index in [-0.39, 0.29) is 16.9 Å². The number of phenols is 1. The lowest BCUT2D eigenvalue weighted by Gasteiger charge is -2.24. The third-order valence-corrected chi connectivity index (χ3v) is 4.00. The van der Waals surface area contributed by atoms with E-state index in [4.69, 9.17) is 4.74 Å². The van der Waals surface area contributed by atoms with Gasteiger partial charge in [-0.15, -0.1) is 0 Å². The summed E-state index contributed by atoms with van der Waals surface area (Å²) in [5.74, 6) is -2.81. The quantitative estimate of drug-likeness (QED) is 0.677. The van der Waals surface area contributed by atoms with E-state index in [9.17, 15) is 15.0 Å². The molecule has 4 rings (SSSR count). The number of benzene rings is 3. The fourth-order valence-electron chi connectivity index (χ4n) is 3.02. The van der Waals surface area contributed by atoms with Gasteiger partial charge in [-0.2, -0.15) is 0 Å². The van der Waals surface area contributed by atoms with Gasteiger partial charge in [0, 0.05) is 5.56 Å². The highest BCUT2D eigenvalue weighted by molar-refractivity contribution is 5.97. The van der Waals surface area contributed by atoms with Crippen molar-refractivity contribution in [1.29, 1.82) is 0 Å². The number of phenolic OH excluding ortho intramolecular Hbond substituents is 1. The zero-order valence-electron chi connectivity index (χ0n) is 11.5. The molecule has 3 aromatic carbocycles. The largest absolute Gasteiger partial charge is 0.507 e. The van der Waals surface area contributed by atoms with Crippen molar-refractivity contribution in [3.8, 4) is 5.75 Å². The lowest BCUT2D eigenvalue weighted by molar-refractivity contribution is -0.128. The number of fused-ring (bicyclic) bond motifs is 2. The molecule has 1 aliphatic heterocycles. The van der Waals surface area contributed by atoms with E-state index in [1.165, 1.54) is 12.1 Å². The average molecular weight is 292 g/mol. The maximum Gasteiger partial charge on any atom is 0.341 e. The SMILES string of the molecule is O=C1OC(O)(c2cccc3ccccc23)c2c(O)cccc21. The van der Waals surface area contributed by atoms with Crippen LogP contribution in [-0.2, 0) is 10.5 Å². The fraction of sp³-hybridized carbons (Fsp3) is 0.0556. The molecule has 3 aromatic rings. The summed E-state index contributed by atoms with van der Waals surface area (Å²) in [6, 6.07) is 17.4. The van der Waals surface area contributed by atoms with Crippen LogP contribution >= 0.6 is 0 Å². The molecule has 1 aliphatic rings.